The first kappa shape index (κ1) is 17.4. The first-order chi connectivity index (χ1) is 11.8. The fourth-order valence-corrected chi connectivity index (χ4v) is 2.73. The number of carbonyl (C=O) groups is 1. The molecule has 0 bridgehead atoms. The van der Waals surface area contributed by atoms with Crippen molar-refractivity contribution in [2.45, 2.75) is 0 Å². The summed E-state index contributed by atoms with van der Waals surface area (Å²) in [5, 5.41) is 11.7. The Hall–Kier alpha value is -2.41. The van der Waals surface area contributed by atoms with E-state index in [1.165, 1.54) is 30.3 Å². The van der Waals surface area contributed by atoms with E-state index in [9.17, 15) is 14.9 Å². The summed E-state index contributed by atoms with van der Waals surface area (Å²) >= 11 is 17.7. The molecular weight excluding hydrogens is 391 g/mol. The van der Waals surface area contributed by atoms with Gasteiger partial charge in [0.2, 0.25) is 5.90 Å². The van der Waals surface area contributed by atoms with Crippen molar-refractivity contribution in [2.75, 3.05) is 0 Å². The highest BCUT2D eigenvalue weighted by atomic mass is 35.5. The normalized spacial score (nSPS) is 15.2. The fraction of sp³-hybridized carbons (Fsp3) is 0. The Morgan fingerprint density at radius 3 is 2.52 bits per heavy atom. The van der Waals surface area contributed by atoms with Gasteiger partial charge < -0.3 is 4.74 Å². The third-order valence-electron chi connectivity index (χ3n) is 3.27. The van der Waals surface area contributed by atoms with Gasteiger partial charge in [-0.3, -0.25) is 10.1 Å². The van der Waals surface area contributed by atoms with Gasteiger partial charge in [-0.05, 0) is 35.9 Å². The van der Waals surface area contributed by atoms with E-state index in [1.807, 2.05) is 0 Å². The van der Waals surface area contributed by atoms with Crippen LogP contribution in [0, 0.1) is 10.1 Å². The highest BCUT2D eigenvalue weighted by Gasteiger charge is 2.26. The number of carbonyl (C=O) groups excluding carboxylic acids is 1. The summed E-state index contributed by atoms with van der Waals surface area (Å²) in [6, 6.07) is 8.78. The molecule has 0 atom stereocenters. The molecule has 9 heteroatoms. The topological polar surface area (TPSA) is 81.8 Å². The van der Waals surface area contributed by atoms with E-state index in [1.54, 1.807) is 12.1 Å². The molecule has 2 aromatic rings. The molecule has 0 aromatic heterocycles. The zero-order valence-corrected chi connectivity index (χ0v) is 14.5. The van der Waals surface area contributed by atoms with E-state index in [0.717, 1.165) is 0 Å². The Kier molecular flexibility index (Phi) is 4.76. The van der Waals surface area contributed by atoms with Gasteiger partial charge >= 0.3 is 5.97 Å². The van der Waals surface area contributed by atoms with Crippen molar-refractivity contribution < 1.29 is 14.5 Å². The molecule has 6 nitrogen and oxygen atoms in total. The predicted molar refractivity (Wildman–Crippen MR) is 95.2 cm³/mol. The summed E-state index contributed by atoms with van der Waals surface area (Å²) in [6.45, 7) is 0. The maximum atomic E-state index is 12.0. The lowest BCUT2D eigenvalue weighted by atomic mass is 10.2. The van der Waals surface area contributed by atoms with E-state index in [4.69, 9.17) is 39.5 Å². The number of halogens is 3. The van der Waals surface area contributed by atoms with Crippen molar-refractivity contribution in [2.24, 2.45) is 4.99 Å². The molecular formula is C16H7Cl3N2O4. The number of hydrogen-bond acceptors (Lipinski definition) is 5. The molecule has 0 unspecified atom stereocenters. The number of aliphatic imine (C=N–C) groups is 1. The fourth-order valence-electron chi connectivity index (χ4n) is 2.08. The molecule has 0 saturated carbocycles. The van der Waals surface area contributed by atoms with Gasteiger partial charge in [0.15, 0.2) is 5.70 Å². The minimum Gasteiger partial charge on any atom is -0.402 e. The highest BCUT2D eigenvalue weighted by molar-refractivity contribution is 6.35. The monoisotopic (exact) mass is 396 g/mol. The summed E-state index contributed by atoms with van der Waals surface area (Å²) in [5.74, 6) is -0.750. The largest absolute Gasteiger partial charge is 0.402 e. The highest BCUT2D eigenvalue weighted by Crippen LogP contribution is 2.29. The van der Waals surface area contributed by atoms with Crippen LogP contribution in [-0.4, -0.2) is 16.8 Å². The number of nitrogens with zero attached hydrogens (tertiary/aromatic N) is 2. The van der Waals surface area contributed by atoms with E-state index in [-0.39, 0.29) is 27.9 Å². The third-order valence-corrected chi connectivity index (χ3v) is 4.15. The van der Waals surface area contributed by atoms with Gasteiger partial charge in [0.1, 0.15) is 5.02 Å². The maximum absolute atomic E-state index is 12.0. The molecule has 1 aliphatic heterocycles. The van der Waals surface area contributed by atoms with Crippen LogP contribution < -0.4 is 0 Å². The molecule has 0 saturated heterocycles. The van der Waals surface area contributed by atoms with Crippen LogP contribution in [0.2, 0.25) is 15.1 Å². The Bertz CT molecular complexity index is 970. The molecule has 0 spiro atoms. The lowest BCUT2D eigenvalue weighted by Crippen LogP contribution is -2.06. The molecule has 0 fully saturated rings. The SMILES string of the molecule is O=C1OC(c2ccc(Cl)c([N+](=O)[O-])c2)=N/C1=C/c1ccc(Cl)cc1Cl. The molecule has 0 aliphatic carbocycles. The summed E-state index contributed by atoms with van der Waals surface area (Å²) < 4.78 is 5.08. The van der Waals surface area contributed by atoms with Crippen LogP contribution in [0.1, 0.15) is 11.1 Å². The Labute approximate surface area is 156 Å². The number of hydrogen-bond donors (Lipinski definition) is 0. The lowest BCUT2D eigenvalue weighted by Gasteiger charge is -2.00. The molecule has 1 aliphatic rings. The number of cyclic esters (lactones) is 1. The molecule has 0 N–H and O–H groups in total. The average Bonchev–Trinajstić information content (AvgIpc) is 2.91. The zero-order chi connectivity index (χ0) is 18.1. The zero-order valence-electron chi connectivity index (χ0n) is 12.2. The third kappa shape index (κ3) is 3.66. The van der Waals surface area contributed by atoms with Crippen molar-refractivity contribution in [3.05, 3.63) is 78.4 Å². The molecule has 126 valence electrons. The van der Waals surface area contributed by atoms with Crippen LogP contribution in [0.15, 0.2) is 47.1 Å². The van der Waals surface area contributed by atoms with Crippen LogP contribution in [0.5, 0.6) is 0 Å². The second-order valence-electron chi connectivity index (χ2n) is 4.93. The number of ether oxygens (including phenoxy) is 1. The summed E-state index contributed by atoms with van der Waals surface area (Å²) in [4.78, 5) is 26.4. The van der Waals surface area contributed by atoms with Gasteiger partial charge in [-0.1, -0.05) is 40.9 Å². The van der Waals surface area contributed by atoms with Crippen LogP contribution in [0.25, 0.3) is 6.08 Å². The smallest absolute Gasteiger partial charge is 0.363 e. The van der Waals surface area contributed by atoms with Crippen molar-refractivity contribution in [3.8, 4) is 0 Å². The van der Waals surface area contributed by atoms with E-state index >= 15 is 0 Å². The number of nitro benzene ring substituents is 1. The molecule has 3 rings (SSSR count). The summed E-state index contributed by atoms with van der Waals surface area (Å²) in [7, 11) is 0. The van der Waals surface area contributed by atoms with Crippen LogP contribution in [-0.2, 0) is 9.53 Å². The quantitative estimate of drug-likeness (QED) is 0.319. The molecule has 25 heavy (non-hydrogen) atoms. The first-order valence-electron chi connectivity index (χ1n) is 6.77. The van der Waals surface area contributed by atoms with Crippen LogP contribution >= 0.6 is 34.8 Å². The van der Waals surface area contributed by atoms with Crippen LogP contribution in [0.3, 0.4) is 0 Å². The Balaban J connectivity index is 1.99. The van der Waals surface area contributed by atoms with Gasteiger partial charge in [0.25, 0.3) is 5.69 Å². The maximum Gasteiger partial charge on any atom is 0.363 e. The molecule has 1 heterocycles. The Morgan fingerprint density at radius 1 is 1.08 bits per heavy atom. The van der Waals surface area contributed by atoms with Gasteiger partial charge in [0, 0.05) is 21.7 Å². The second-order valence-corrected chi connectivity index (χ2v) is 6.18. The van der Waals surface area contributed by atoms with Gasteiger partial charge in [-0.25, -0.2) is 9.79 Å². The number of esters is 1. The molecule has 0 amide bonds. The minimum atomic E-state index is -0.696. The number of rotatable bonds is 3. The molecule has 2 aromatic carbocycles. The first-order valence-corrected chi connectivity index (χ1v) is 7.90. The van der Waals surface area contributed by atoms with E-state index in [0.29, 0.717) is 15.6 Å². The standard InChI is InChI=1S/C16H7Cl3N2O4/c17-10-3-1-8(12(19)7-10)5-13-16(22)25-15(20-13)9-2-4-11(18)14(6-9)21(23)24/h1-7H/b13-5+. The van der Waals surface area contributed by atoms with Crippen molar-refractivity contribution >= 4 is 58.4 Å². The van der Waals surface area contributed by atoms with Crippen LogP contribution in [0.4, 0.5) is 5.69 Å². The molecule has 0 radical (unpaired) electrons. The average molecular weight is 398 g/mol. The van der Waals surface area contributed by atoms with Gasteiger partial charge in [0.05, 0.1) is 4.92 Å². The Morgan fingerprint density at radius 2 is 1.84 bits per heavy atom. The summed E-state index contributed by atoms with van der Waals surface area (Å²) in [6.07, 6.45) is 1.44. The van der Waals surface area contributed by atoms with Crippen molar-refractivity contribution in [1.82, 2.24) is 0 Å². The van der Waals surface area contributed by atoms with E-state index in [2.05, 4.69) is 4.99 Å². The predicted octanol–water partition coefficient (Wildman–Crippen LogP) is 4.90. The summed E-state index contributed by atoms with van der Waals surface area (Å²) in [5.41, 5.74) is 0.494. The second kappa shape index (κ2) is 6.84. The number of nitro groups is 1. The van der Waals surface area contributed by atoms with Gasteiger partial charge in [-0.15, -0.1) is 0 Å². The van der Waals surface area contributed by atoms with E-state index < -0.39 is 10.9 Å². The number of benzene rings is 2. The van der Waals surface area contributed by atoms with Gasteiger partial charge in [-0.2, -0.15) is 0 Å². The van der Waals surface area contributed by atoms with Crippen molar-refractivity contribution in [1.29, 1.82) is 0 Å². The van der Waals surface area contributed by atoms with Crippen molar-refractivity contribution in [3.63, 3.8) is 0 Å². The minimum absolute atomic E-state index is 0.0109. The lowest BCUT2D eigenvalue weighted by molar-refractivity contribution is -0.384.